The van der Waals surface area contributed by atoms with Gasteiger partial charge in [-0.2, -0.15) is 0 Å². The van der Waals surface area contributed by atoms with E-state index in [1.165, 1.54) is 24.3 Å². The summed E-state index contributed by atoms with van der Waals surface area (Å²) in [6, 6.07) is 10.8. The molecule has 0 spiro atoms. The molecule has 7 heteroatoms. The average molecular weight is 337 g/mol. The summed E-state index contributed by atoms with van der Waals surface area (Å²) in [5.74, 6) is -0.343. The van der Waals surface area contributed by atoms with Gasteiger partial charge in [0.2, 0.25) is 10.0 Å². The van der Waals surface area contributed by atoms with Crippen LogP contribution in [0.2, 0.25) is 0 Å². The lowest BCUT2D eigenvalue weighted by Crippen LogP contribution is -2.29. The van der Waals surface area contributed by atoms with E-state index in [2.05, 4.69) is 4.72 Å². The van der Waals surface area contributed by atoms with Crippen LogP contribution >= 0.6 is 0 Å². The van der Waals surface area contributed by atoms with Crippen LogP contribution in [0.15, 0.2) is 53.4 Å². The molecule has 0 fully saturated rings. The molecule has 0 aliphatic heterocycles. The van der Waals surface area contributed by atoms with Crippen molar-refractivity contribution in [2.75, 3.05) is 13.2 Å². The minimum absolute atomic E-state index is 0.0351. The maximum Gasteiger partial charge on any atom is 0.240 e. The molecule has 0 unspecified atom stereocenters. The van der Waals surface area contributed by atoms with Gasteiger partial charge in [-0.15, -0.1) is 0 Å². The standard InChI is InChI=1S/C16H16FNO4S/c1-2-22-14-7-9-15(10-8-14)23(20,21)18-11-16(19)12-3-5-13(17)6-4-12/h3-10,18H,2,11H2,1H3. The molecule has 0 aliphatic rings. The lowest BCUT2D eigenvalue weighted by atomic mass is 10.1. The molecular weight excluding hydrogens is 321 g/mol. The molecule has 23 heavy (non-hydrogen) atoms. The van der Waals surface area contributed by atoms with E-state index in [9.17, 15) is 17.6 Å². The van der Waals surface area contributed by atoms with Gasteiger partial charge in [-0.3, -0.25) is 4.79 Å². The third-order valence-corrected chi connectivity index (χ3v) is 4.45. The van der Waals surface area contributed by atoms with Crippen molar-refractivity contribution in [3.63, 3.8) is 0 Å². The van der Waals surface area contributed by atoms with E-state index in [0.717, 1.165) is 12.1 Å². The minimum atomic E-state index is -3.80. The zero-order chi connectivity index (χ0) is 16.9. The molecule has 1 N–H and O–H groups in total. The molecular formula is C16H16FNO4S. The molecule has 0 saturated carbocycles. The second-order valence-corrected chi connectivity index (χ2v) is 6.43. The van der Waals surface area contributed by atoms with Gasteiger partial charge in [0, 0.05) is 5.56 Å². The Morgan fingerprint density at radius 2 is 1.70 bits per heavy atom. The SMILES string of the molecule is CCOc1ccc(S(=O)(=O)NCC(=O)c2ccc(F)cc2)cc1. The van der Waals surface area contributed by atoms with Gasteiger partial charge in [0.1, 0.15) is 11.6 Å². The molecule has 0 atom stereocenters. The van der Waals surface area contributed by atoms with Gasteiger partial charge in [-0.25, -0.2) is 17.5 Å². The van der Waals surface area contributed by atoms with Crippen molar-refractivity contribution >= 4 is 15.8 Å². The Morgan fingerprint density at radius 3 is 2.26 bits per heavy atom. The first kappa shape index (κ1) is 17.1. The summed E-state index contributed by atoms with van der Waals surface area (Å²) in [6.45, 7) is 1.91. The summed E-state index contributed by atoms with van der Waals surface area (Å²) >= 11 is 0. The Balaban J connectivity index is 2.03. The molecule has 2 rings (SSSR count). The topological polar surface area (TPSA) is 72.5 Å². The van der Waals surface area contributed by atoms with Crippen molar-refractivity contribution in [3.05, 3.63) is 59.9 Å². The highest BCUT2D eigenvalue weighted by molar-refractivity contribution is 7.89. The van der Waals surface area contributed by atoms with Crippen molar-refractivity contribution in [1.82, 2.24) is 4.72 Å². The van der Waals surface area contributed by atoms with E-state index < -0.39 is 28.2 Å². The molecule has 122 valence electrons. The van der Waals surface area contributed by atoms with Crippen LogP contribution in [0.1, 0.15) is 17.3 Å². The number of carbonyl (C=O) groups is 1. The number of ketones is 1. The first-order valence-corrected chi connectivity index (χ1v) is 8.42. The molecule has 0 radical (unpaired) electrons. The summed E-state index contributed by atoms with van der Waals surface area (Å²) in [7, 11) is -3.80. The smallest absolute Gasteiger partial charge is 0.240 e. The molecule has 5 nitrogen and oxygen atoms in total. The molecule has 2 aromatic carbocycles. The maximum atomic E-state index is 12.8. The first-order valence-electron chi connectivity index (χ1n) is 6.93. The van der Waals surface area contributed by atoms with Crippen LogP contribution in [0, 0.1) is 5.82 Å². The summed E-state index contributed by atoms with van der Waals surface area (Å²) in [5, 5.41) is 0. The van der Waals surface area contributed by atoms with Crippen LogP contribution in [-0.2, 0) is 10.0 Å². The number of carbonyl (C=O) groups excluding carboxylic acids is 1. The van der Waals surface area contributed by atoms with Crippen LogP contribution in [0.25, 0.3) is 0 Å². The van der Waals surface area contributed by atoms with Crippen molar-refractivity contribution < 1.29 is 22.3 Å². The van der Waals surface area contributed by atoms with Gasteiger partial charge in [-0.1, -0.05) is 0 Å². The van der Waals surface area contributed by atoms with Crippen molar-refractivity contribution in [1.29, 1.82) is 0 Å². The largest absolute Gasteiger partial charge is 0.494 e. The lowest BCUT2D eigenvalue weighted by molar-refractivity contribution is 0.0997. The Labute approximate surface area is 134 Å². The number of halogens is 1. The summed E-state index contributed by atoms with van der Waals surface area (Å²) in [4.78, 5) is 11.9. The number of rotatable bonds is 7. The number of benzene rings is 2. The molecule has 0 amide bonds. The Hall–Kier alpha value is -2.25. The van der Waals surface area contributed by atoms with E-state index in [1.54, 1.807) is 12.1 Å². The summed E-state index contributed by atoms with van der Waals surface area (Å²) < 4.78 is 44.5. The highest BCUT2D eigenvalue weighted by atomic mass is 32.2. The summed E-state index contributed by atoms with van der Waals surface area (Å²) in [6.07, 6.45) is 0. The molecule has 2 aromatic rings. The lowest BCUT2D eigenvalue weighted by Gasteiger charge is -2.08. The van der Waals surface area contributed by atoms with E-state index >= 15 is 0 Å². The van der Waals surface area contributed by atoms with Crippen LogP contribution in [0.4, 0.5) is 4.39 Å². The fraction of sp³-hybridized carbons (Fsp3) is 0.188. The number of nitrogens with one attached hydrogen (secondary N) is 1. The fourth-order valence-corrected chi connectivity index (χ4v) is 2.85. The third-order valence-electron chi connectivity index (χ3n) is 3.03. The van der Waals surface area contributed by atoms with Crippen molar-refractivity contribution in [2.24, 2.45) is 0 Å². The van der Waals surface area contributed by atoms with Gasteiger partial charge >= 0.3 is 0 Å². The van der Waals surface area contributed by atoms with Crippen LogP contribution < -0.4 is 9.46 Å². The average Bonchev–Trinajstić information content (AvgIpc) is 2.54. The Bertz CT molecular complexity index is 771. The van der Waals surface area contributed by atoms with E-state index in [1.807, 2.05) is 6.92 Å². The number of Topliss-reactive ketones (excluding diaryl/α,β-unsaturated/α-hetero) is 1. The number of hydrogen-bond acceptors (Lipinski definition) is 4. The number of sulfonamides is 1. The van der Waals surface area contributed by atoms with Crippen LogP contribution in [0.3, 0.4) is 0 Å². The summed E-state index contributed by atoms with van der Waals surface area (Å²) in [5.41, 5.74) is 0.237. The van der Waals surface area contributed by atoms with Gasteiger partial charge < -0.3 is 4.74 Å². The monoisotopic (exact) mass is 337 g/mol. The highest BCUT2D eigenvalue weighted by Gasteiger charge is 2.16. The van der Waals surface area contributed by atoms with Gasteiger partial charge in [0.25, 0.3) is 0 Å². The Morgan fingerprint density at radius 1 is 1.09 bits per heavy atom. The maximum absolute atomic E-state index is 12.8. The second-order valence-electron chi connectivity index (χ2n) is 4.66. The molecule has 0 heterocycles. The third kappa shape index (κ3) is 4.61. The molecule has 0 aliphatic carbocycles. The normalized spacial score (nSPS) is 11.2. The van der Waals surface area contributed by atoms with E-state index in [0.29, 0.717) is 12.4 Å². The zero-order valence-electron chi connectivity index (χ0n) is 12.5. The van der Waals surface area contributed by atoms with E-state index in [-0.39, 0.29) is 10.5 Å². The van der Waals surface area contributed by atoms with Gasteiger partial charge in [-0.05, 0) is 55.5 Å². The Kier molecular flexibility index (Phi) is 5.46. The van der Waals surface area contributed by atoms with E-state index in [4.69, 9.17) is 4.74 Å². The van der Waals surface area contributed by atoms with Crippen molar-refractivity contribution in [3.8, 4) is 5.75 Å². The zero-order valence-corrected chi connectivity index (χ0v) is 13.3. The quantitative estimate of drug-likeness (QED) is 0.788. The highest BCUT2D eigenvalue weighted by Crippen LogP contribution is 2.15. The number of hydrogen-bond donors (Lipinski definition) is 1. The minimum Gasteiger partial charge on any atom is -0.494 e. The van der Waals surface area contributed by atoms with Gasteiger partial charge in [0.15, 0.2) is 5.78 Å². The van der Waals surface area contributed by atoms with Gasteiger partial charge in [0.05, 0.1) is 18.0 Å². The van der Waals surface area contributed by atoms with Crippen LogP contribution in [0.5, 0.6) is 5.75 Å². The molecule has 0 bridgehead atoms. The van der Waals surface area contributed by atoms with Crippen LogP contribution in [-0.4, -0.2) is 27.4 Å². The predicted molar refractivity (Wildman–Crippen MR) is 83.5 cm³/mol. The second kappa shape index (κ2) is 7.34. The fourth-order valence-electron chi connectivity index (χ4n) is 1.86. The first-order chi connectivity index (χ1) is 10.9. The number of ether oxygens (including phenoxy) is 1. The predicted octanol–water partition coefficient (Wildman–Crippen LogP) is 2.39. The molecule has 0 saturated heterocycles. The van der Waals surface area contributed by atoms with Crippen molar-refractivity contribution in [2.45, 2.75) is 11.8 Å². The molecule has 0 aromatic heterocycles.